The van der Waals surface area contributed by atoms with Crippen molar-refractivity contribution in [2.45, 2.75) is 38.6 Å². The van der Waals surface area contributed by atoms with Gasteiger partial charge in [-0.1, -0.05) is 36.8 Å². The number of nitrogens with zero attached hydrogens (tertiary/aromatic N) is 1. The number of benzene rings is 2. The van der Waals surface area contributed by atoms with Crippen LogP contribution in [0, 0.1) is 17.6 Å². The van der Waals surface area contributed by atoms with Gasteiger partial charge in [0.1, 0.15) is 5.82 Å². The van der Waals surface area contributed by atoms with Crippen LogP contribution in [0.4, 0.5) is 20.2 Å². The van der Waals surface area contributed by atoms with Crippen molar-refractivity contribution in [3.63, 3.8) is 0 Å². The summed E-state index contributed by atoms with van der Waals surface area (Å²) in [5, 5.41) is 9.31. The van der Waals surface area contributed by atoms with Crippen LogP contribution >= 0.6 is 11.6 Å². The summed E-state index contributed by atoms with van der Waals surface area (Å²) in [5.41, 5.74) is 4.09. The Bertz CT molecular complexity index is 1360. The molecule has 2 aliphatic rings. The summed E-state index contributed by atoms with van der Waals surface area (Å²) in [7, 11) is 1.83. The maximum atomic E-state index is 14.6. The molecule has 2 heterocycles. The lowest BCUT2D eigenvalue weighted by molar-refractivity contribution is -0.116. The first-order valence-electron chi connectivity index (χ1n) is 12.6. The van der Waals surface area contributed by atoms with E-state index in [9.17, 15) is 13.6 Å². The van der Waals surface area contributed by atoms with Crippen LogP contribution in [0.15, 0.2) is 71.9 Å². The fourth-order valence-electron chi connectivity index (χ4n) is 4.79. The first-order chi connectivity index (χ1) is 18.3. The molecule has 0 fully saturated rings. The summed E-state index contributed by atoms with van der Waals surface area (Å²) < 4.78 is 29.0. The number of rotatable bonds is 4. The minimum atomic E-state index is -0.790. The van der Waals surface area contributed by atoms with Crippen LogP contribution in [-0.2, 0) is 4.79 Å². The normalized spacial score (nSPS) is 21.8. The lowest BCUT2D eigenvalue weighted by atomic mass is 9.84. The highest BCUT2D eigenvalue weighted by Gasteiger charge is 2.25. The van der Waals surface area contributed by atoms with Crippen LogP contribution in [0.2, 0.25) is 5.02 Å². The minimum Gasteiger partial charge on any atom is -0.388 e. The van der Waals surface area contributed by atoms with Gasteiger partial charge in [-0.05, 0) is 61.7 Å². The van der Waals surface area contributed by atoms with E-state index >= 15 is 0 Å². The third-order valence-electron chi connectivity index (χ3n) is 6.77. The van der Waals surface area contributed by atoms with Crippen LogP contribution < -0.4 is 16.0 Å². The highest BCUT2D eigenvalue weighted by atomic mass is 35.5. The molecule has 0 aromatic heterocycles. The van der Waals surface area contributed by atoms with E-state index in [1.165, 1.54) is 6.07 Å². The number of fused-ring (bicyclic) bond motifs is 1. The van der Waals surface area contributed by atoms with Gasteiger partial charge in [0, 0.05) is 48.6 Å². The third kappa shape index (κ3) is 6.05. The van der Waals surface area contributed by atoms with Gasteiger partial charge < -0.3 is 16.0 Å². The van der Waals surface area contributed by atoms with Crippen LogP contribution in [0.3, 0.4) is 0 Å². The van der Waals surface area contributed by atoms with Crippen molar-refractivity contribution < 1.29 is 13.6 Å². The molecule has 5 nitrogen and oxygen atoms in total. The highest BCUT2D eigenvalue weighted by molar-refractivity contribution is 6.31. The fraction of sp³-hybridized carbons (Fsp3) is 0.267. The number of allylic oxidation sites excluding steroid dienone is 3. The standard InChI is InChI=1S/C30H31ClF2N4O/c1-4-35-26-15-18(2)21(7-5-6-8-28(38)37-27-16-20(34-3)10-11-22(26)27)25-14-9-19(17-36-25)29-24(32)13-12-23(31)30(29)33/h4,9-17,21,25,34,36H,2,5-8H2,1,3H3,(H,37,38)/b26-15-,35-4?. The number of carbonyl (C=O) groups excluding carboxylic acids is 1. The van der Waals surface area contributed by atoms with E-state index in [2.05, 4.69) is 27.5 Å². The zero-order valence-corrected chi connectivity index (χ0v) is 22.2. The van der Waals surface area contributed by atoms with Gasteiger partial charge in [0.2, 0.25) is 5.91 Å². The topological polar surface area (TPSA) is 65.5 Å². The molecule has 0 spiro atoms. The third-order valence-corrected chi connectivity index (χ3v) is 7.07. The van der Waals surface area contributed by atoms with Crippen molar-refractivity contribution in [3.8, 4) is 0 Å². The largest absolute Gasteiger partial charge is 0.388 e. The van der Waals surface area contributed by atoms with E-state index in [1.807, 2.05) is 44.3 Å². The predicted molar refractivity (Wildman–Crippen MR) is 153 cm³/mol. The summed E-state index contributed by atoms with van der Waals surface area (Å²) in [6, 6.07) is 7.95. The zero-order chi connectivity index (χ0) is 27.2. The molecule has 0 radical (unpaired) electrons. The number of hydrogen-bond donors (Lipinski definition) is 3. The second-order valence-electron chi connectivity index (χ2n) is 9.27. The maximum Gasteiger partial charge on any atom is 0.224 e. The molecule has 8 heteroatoms. The summed E-state index contributed by atoms with van der Waals surface area (Å²) in [4.78, 5) is 17.3. The quantitative estimate of drug-likeness (QED) is 0.283. The Morgan fingerprint density at radius 2 is 2.03 bits per heavy atom. The molecule has 0 saturated heterocycles. The summed E-state index contributed by atoms with van der Waals surface area (Å²) >= 11 is 5.89. The molecule has 0 bridgehead atoms. The molecule has 38 heavy (non-hydrogen) atoms. The Kier molecular flexibility index (Phi) is 8.79. The van der Waals surface area contributed by atoms with Crippen molar-refractivity contribution in [2.75, 3.05) is 17.7 Å². The Morgan fingerprint density at radius 3 is 2.74 bits per heavy atom. The number of aliphatic imine (C=N–C) groups is 1. The second kappa shape index (κ2) is 12.2. The van der Waals surface area contributed by atoms with E-state index in [0.29, 0.717) is 23.4 Å². The zero-order valence-electron chi connectivity index (χ0n) is 21.5. The number of nitrogens with one attached hydrogen (secondary N) is 3. The highest BCUT2D eigenvalue weighted by Crippen LogP contribution is 2.35. The molecule has 0 saturated carbocycles. The average Bonchev–Trinajstić information content (AvgIpc) is 2.90. The van der Waals surface area contributed by atoms with Gasteiger partial charge in [0.25, 0.3) is 0 Å². The summed E-state index contributed by atoms with van der Waals surface area (Å²) in [5.74, 6) is -1.56. The Balaban J connectivity index is 1.68. The van der Waals surface area contributed by atoms with Crippen molar-refractivity contribution in [3.05, 3.63) is 94.7 Å². The maximum absolute atomic E-state index is 14.6. The summed E-state index contributed by atoms with van der Waals surface area (Å²) in [6.45, 7) is 6.22. The molecule has 2 aromatic rings. The second-order valence-corrected chi connectivity index (χ2v) is 9.68. The number of carbonyl (C=O) groups is 1. The van der Waals surface area contributed by atoms with Crippen molar-refractivity contribution in [1.29, 1.82) is 0 Å². The Morgan fingerprint density at radius 1 is 1.21 bits per heavy atom. The van der Waals surface area contributed by atoms with Gasteiger partial charge in [-0.15, -0.1) is 0 Å². The van der Waals surface area contributed by atoms with Crippen molar-refractivity contribution in [2.24, 2.45) is 10.9 Å². The van der Waals surface area contributed by atoms with Gasteiger partial charge >= 0.3 is 0 Å². The van der Waals surface area contributed by atoms with Gasteiger partial charge in [-0.25, -0.2) is 8.78 Å². The van der Waals surface area contributed by atoms with E-state index in [4.69, 9.17) is 11.6 Å². The molecular weight excluding hydrogens is 506 g/mol. The number of dihydropyridines is 1. The van der Waals surface area contributed by atoms with Crippen molar-refractivity contribution >= 4 is 46.4 Å². The smallest absolute Gasteiger partial charge is 0.224 e. The molecule has 2 unspecified atom stereocenters. The number of halogens is 3. The van der Waals surface area contributed by atoms with E-state index in [1.54, 1.807) is 18.5 Å². The minimum absolute atomic E-state index is 0.0392. The number of anilines is 2. The number of amides is 1. The molecule has 2 aliphatic heterocycles. The van der Waals surface area contributed by atoms with Crippen LogP contribution in [-0.4, -0.2) is 25.2 Å². The van der Waals surface area contributed by atoms with Crippen LogP contribution in [0.1, 0.15) is 43.7 Å². The molecule has 3 N–H and O–H groups in total. The van der Waals surface area contributed by atoms with Gasteiger partial charge in [-0.2, -0.15) is 0 Å². The van der Waals surface area contributed by atoms with Gasteiger partial charge in [-0.3, -0.25) is 9.79 Å². The monoisotopic (exact) mass is 536 g/mol. The van der Waals surface area contributed by atoms with Crippen LogP contribution in [0.5, 0.6) is 0 Å². The average molecular weight is 537 g/mol. The van der Waals surface area contributed by atoms with E-state index in [-0.39, 0.29) is 28.5 Å². The molecule has 1 amide bonds. The molecule has 4 rings (SSSR count). The molecule has 2 aromatic carbocycles. The fourth-order valence-corrected chi connectivity index (χ4v) is 4.94. The van der Waals surface area contributed by atoms with E-state index < -0.39 is 11.6 Å². The number of hydrogen-bond acceptors (Lipinski definition) is 4. The van der Waals surface area contributed by atoms with Crippen LogP contribution in [0.25, 0.3) is 11.3 Å². The Labute approximate surface area is 227 Å². The lowest BCUT2D eigenvalue weighted by Gasteiger charge is -2.29. The van der Waals surface area contributed by atoms with Crippen molar-refractivity contribution in [1.82, 2.24) is 5.32 Å². The SMILES string of the molecule is C=C1/C=C(\N=CC)c2ccc(NC)cc2NC(=O)CCCCC1C1C=CC(c2c(F)ccc(Cl)c2F)=CN1. The first-order valence-corrected chi connectivity index (χ1v) is 13.0. The van der Waals surface area contributed by atoms with Gasteiger partial charge in [0.05, 0.1) is 28.0 Å². The first kappa shape index (κ1) is 27.3. The molecular formula is C30H31ClF2N4O. The predicted octanol–water partition coefficient (Wildman–Crippen LogP) is 7.35. The Hall–Kier alpha value is -3.71. The van der Waals surface area contributed by atoms with Gasteiger partial charge in [0.15, 0.2) is 5.82 Å². The molecule has 198 valence electrons. The lowest BCUT2D eigenvalue weighted by Crippen LogP contribution is -2.34. The summed E-state index contributed by atoms with van der Waals surface area (Å²) in [6.07, 6.45) is 11.6. The van der Waals surface area contributed by atoms with E-state index in [0.717, 1.165) is 42.2 Å². The molecule has 2 atom stereocenters. The molecule has 0 aliphatic carbocycles.